The molecule has 0 aliphatic rings. The van der Waals surface area contributed by atoms with Crippen molar-refractivity contribution in [3.05, 3.63) is 41.5 Å². The first-order valence-electron chi connectivity index (χ1n) is 4.48. The molecule has 0 aliphatic heterocycles. The zero-order chi connectivity index (χ0) is 13.4. The van der Waals surface area contributed by atoms with Crippen LogP contribution in [0, 0.1) is 0 Å². The standard InChI is InChI=1S/C11H8F6/c1-6(2)8-4-3-7(10(12,13)14)5-9(8)11(15,16)17/h3-5H,1H2,2H3. The maximum atomic E-state index is 12.6. The van der Waals surface area contributed by atoms with Crippen LogP contribution in [0.15, 0.2) is 24.8 Å². The van der Waals surface area contributed by atoms with Crippen molar-refractivity contribution in [3.8, 4) is 0 Å². The Labute approximate surface area is 93.6 Å². The van der Waals surface area contributed by atoms with E-state index in [0.717, 1.165) is 6.07 Å². The van der Waals surface area contributed by atoms with Gasteiger partial charge in [-0.05, 0) is 24.6 Å². The minimum atomic E-state index is -4.84. The highest BCUT2D eigenvalue weighted by Gasteiger charge is 2.38. The van der Waals surface area contributed by atoms with Gasteiger partial charge in [0.1, 0.15) is 0 Å². The van der Waals surface area contributed by atoms with Gasteiger partial charge in [0.15, 0.2) is 0 Å². The third-order valence-electron chi connectivity index (χ3n) is 2.11. The van der Waals surface area contributed by atoms with Crippen LogP contribution in [0.4, 0.5) is 26.3 Å². The Morgan fingerprint density at radius 2 is 1.53 bits per heavy atom. The maximum Gasteiger partial charge on any atom is 0.417 e. The van der Waals surface area contributed by atoms with Crippen molar-refractivity contribution in [1.82, 2.24) is 0 Å². The lowest BCUT2D eigenvalue weighted by Gasteiger charge is -2.15. The molecule has 1 aromatic rings. The molecule has 94 valence electrons. The van der Waals surface area contributed by atoms with Crippen LogP contribution in [0.25, 0.3) is 5.57 Å². The van der Waals surface area contributed by atoms with Crippen molar-refractivity contribution in [1.29, 1.82) is 0 Å². The zero-order valence-electron chi connectivity index (χ0n) is 8.71. The van der Waals surface area contributed by atoms with Crippen molar-refractivity contribution >= 4 is 5.57 Å². The molecular formula is C11H8F6. The van der Waals surface area contributed by atoms with Gasteiger partial charge in [0.25, 0.3) is 0 Å². The molecular weight excluding hydrogens is 246 g/mol. The van der Waals surface area contributed by atoms with Crippen LogP contribution in [0.5, 0.6) is 0 Å². The summed E-state index contributed by atoms with van der Waals surface area (Å²) in [5.74, 6) is 0. The summed E-state index contributed by atoms with van der Waals surface area (Å²) in [6.07, 6.45) is -9.64. The van der Waals surface area contributed by atoms with Crippen molar-refractivity contribution in [3.63, 3.8) is 0 Å². The van der Waals surface area contributed by atoms with E-state index in [1.165, 1.54) is 6.92 Å². The lowest BCUT2D eigenvalue weighted by Crippen LogP contribution is -2.12. The normalized spacial score (nSPS) is 12.6. The number of rotatable bonds is 1. The molecule has 0 N–H and O–H groups in total. The van der Waals surface area contributed by atoms with E-state index in [9.17, 15) is 26.3 Å². The second-order valence-electron chi connectivity index (χ2n) is 3.54. The molecule has 0 saturated carbocycles. The third-order valence-corrected chi connectivity index (χ3v) is 2.11. The van der Waals surface area contributed by atoms with Crippen LogP contribution < -0.4 is 0 Å². The average Bonchev–Trinajstić information content (AvgIpc) is 2.14. The molecule has 0 atom stereocenters. The van der Waals surface area contributed by atoms with Crippen LogP contribution >= 0.6 is 0 Å². The van der Waals surface area contributed by atoms with E-state index in [2.05, 4.69) is 6.58 Å². The number of hydrogen-bond donors (Lipinski definition) is 0. The van der Waals surface area contributed by atoms with Crippen molar-refractivity contribution in [2.24, 2.45) is 0 Å². The second-order valence-corrected chi connectivity index (χ2v) is 3.54. The molecule has 1 rings (SSSR count). The van der Waals surface area contributed by atoms with E-state index >= 15 is 0 Å². The van der Waals surface area contributed by atoms with Gasteiger partial charge in [-0.15, -0.1) is 0 Å². The lowest BCUT2D eigenvalue weighted by molar-refractivity contribution is -0.143. The van der Waals surface area contributed by atoms with Gasteiger partial charge >= 0.3 is 12.4 Å². The summed E-state index contributed by atoms with van der Waals surface area (Å²) in [5.41, 5.74) is -2.91. The predicted molar refractivity (Wildman–Crippen MR) is 51.2 cm³/mol. The maximum absolute atomic E-state index is 12.6. The summed E-state index contributed by atoms with van der Waals surface area (Å²) < 4.78 is 74.6. The van der Waals surface area contributed by atoms with Crippen molar-refractivity contribution < 1.29 is 26.3 Å². The number of halogens is 6. The summed E-state index contributed by atoms with van der Waals surface area (Å²) in [7, 11) is 0. The average molecular weight is 254 g/mol. The number of alkyl halides is 6. The minimum Gasteiger partial charge on any atom is -0.166 e. The molecule has 17 heavy (non-hydrogen) atoms. The molecule has 0 heterocycles. The molecule has 0 bridgehead atoms. The molecule has 0 nitrogen and oxygen atoms in total. The first kappa shape index (κ1) is 13.6. The van der Waals surface area contributed by atoms with Crippen molar-refractivity contribution in [2.45, 2.75) is 19.3 Å². The Bertz CT molecular complexity index is 438. The van der Waals surface area contributed by atoms with Gasteiger partial charge in [0, 0.05) is 0 Å². The highest BCUT2D eigenvalue weighted by Crippen LogP contribution is 2.38. The van der Waals surface area contributed by atoms with E-state index in [1.807, 2.05) is 0 Å². The molecule has 0 radical (unpaired) electrons. The van der Waals surface area contributed by atoms with E-state index in [4.69, 9.17) is 0 Å². The zero-order valence-corrected chi connectivity index (χ0v) is 8.71. The topological polar surface area (TPSA) is 0 Å². The summed E-state index contributed by atoms with van der Waals surface area (Å²) in [6.45, 7) is 4.61. The smallest absolute Gasteiger partial charge is 0.166 e. The van der Waals surface area contributed by atoms with Crippen molar-refractivity contribution in [2.75, 3.05) is 0 Å². The monoisotopic (exact) mass is 254 g/mol. The highest BCUT2D eigenvalue weighted by molar-refractivity contribution is 5.65. The van der Waals surface area contributed by atoms with Gasteiger partial charge in [-0.3, -0.25) is 0 Å². The van der Waals surface area contributed by atoms with Crippen LogP contribution in [0.3, 0.4) is 0 Å². The molecule has 0 aliphatic carbocycles. The van der Waals surface area contributed by atoms with Gasteiger partial charge in [0.2, 0.25) is 0 Å². The summed E-state index contributed by atoms with van der Waals surface area (Å²) in [6, 6.07) is 1.50. The third kappa shape index (κ3) is 3.01. The van der Waals surface area contributed by atoms with Gasteiger partial charge < -0.3 is 0 Å². The van der Waals surface area contributed by atoms with Gasteiger partial charge in [-0.2, -0.15) is 26.3 Å². The van der Waals surface area contributed by atoms with E-state index in [0.29, 0.717) is 6.07 Å². The fraction of sp³-hybridized carbons (Fsp3) is 0.273. The fourth-order valence-electron chi connectivity index (χ4n) is 1.33. The summed E-state index contributed by atoms with van der Waals surface area (Å²) >= 11 is 0. The predicted octanol–water partition coefficient (Wildman–Crippen LogP) is 4.76. The molecule has 6 heteroatoms. The minimum absolute atomic E-state index is 0.0612. The molecule has 0 saturated heterocycles. The SMILES string of the molecule is C=C(C)c1ccc(C(F)(F)F)cc1C(F)(F)F. The van der Waals surface area contributed by atoms with Crippen LogP contribution in [-0.2, 0) is 12.4 Å². The van der Waals surface area contributed by atoms with Crippen LogP contribution in [0.1, 0.15) is 23.6 Å². The Kier molecular flexibility index (Phi) is 3.27. The number of allylic oxidation sites excluding steroid dienone is 1. The number of benzene rings is 1. The summed E-state index contributed by atoms with van der Waals surface area (Å²) in [4.78, 5) is 0. The van der Waals surface area contributed by atoms with Crippen LogP contribution in [0.2, 0.25) is 0 Å². The summed E-state index contributed by atoms with van der Waals surface area (Å²) in [5, 5.41) is 0. The Hall–Kier alpha value is -1.46. The molecule has 0 spiro atoms. The molecule has 0 unspecified atom stereocenters. The molecule has 0 fully saturated rings. The Morgan fingerprint density at radius 1 is 1.00 bits per heavy atom. The molecule has 1 aromatic carbocycles. The first-order chi connectivity index (χ1) is 7.53. The Balaban J connectivity index is 3.46. The molecule has 0 amide bonds. The van der Waals surface area contributed by atoms with Gasteiger partial charge in [0.05, 0.1) is 11.1 Å². The van der Waals surface area contributed by atoms with Crippen LogP contribution in [-0.4, -0.2) is 0 Å². The Morgan fingerprint density at radius 3 is 1.88 bits per heavy atom. The van der Waals surface area contributed by atoms with E-state index in [-0.39, 0.29) is 17.2 Å². The second kappa shape index (κ2) is 4.09. The quantitative estimate of drug-likeness (QED) is 0.634. The molecule has 0 aromatic heterocycles. The largest absolute Gasteiger partial charge is 0.417 e. The van der Waals surface area contributed by atoms with E-state index in [1.54, 1.807) is 0 Å². The van der Waals surface area contributed by atoms with E-state index < -0.39 is 23.5 Å². The van der Waals surface area contributed by atoms with Gasteiger partial charge in [-0.25, -0.2) is 0 Å². The number of hydrogen-bond acceptors (Lipinski definition) is 0. The fourth-order valence-corrected chi connectivity index (χ4v) is 1.33. The lowest BCUT2D eigenvalue weighted by atomic mass is 9.98. The first-order valence-corrected chi connectivity index (χ1v) is 4.48. The highest BCUT2D eigenvalue weighted by atomic mass is 19.4. The van der Waals surface area contributed by atoms with Gasteiger partial charge in [-0.1, -0.05) is 18.2 Å².